The van der Waals surface area contributed by atoms with Crippen LogP contribution in [-0.2, 0) is 0 Å². The SMILES string of the molecule is C=CCC(CO)(CC=C)C(O)c1ccccc1. The zero-order valence-electron chi connectivity index (χ0n) is 10.0. The Balaban J connectivity index is 3.04. The van der Waals surface area contributed by atoms with E-state index in [-0.39, 0.29) is 6.61 Å². The predicted octanol–water partition coefficient (Wildman–Crippen LogP) is 2.85. The van der Waals surface area contributed by atoms with E-state index >= 15 is 0 Å². The van der Waals surface area contributed by atoms with Crippen molar-refractivity contribution in [2.24, 2.45) is 5.41 Å². The van der Waals surface area contributed by atoms with Crippen LogP contribution in [0.15, 0.2) is 55.6 Å². The van der Waals surface area contributed by atoms with Crippen LogP contribution in [0.25, 0.3) is 0 Å². The van der Waals surface area contributed by atoms with Gasteiger partial charge in [0.2, 0.25) is 0 Å². The molecule has 0 aliphatic rings. The van der Waals surface area contributed by atoms with Gasteiger partial charge < -0.3 is 10.2 Å². The predicted molar refractivity (Wildman–Crippen MR) is 70.5 cm³/mol. The molecule has 1 atom stereocenters. The summed E-state index contributed by atoms with van der Waals surface area (Å²) in [5.74, 6) is 0. The molecule has 0 saturated heterocycles. The van der Waals surface area contributed by atoms with Crippen LogP contribution >= 0.6 is 0 Å². The van der Waals surface area contributed by atoms with Crippen molar-refractivity contribution < 1.29 is 10.2 Å². The molecule has 0 saturated carbocycles. The first-order chi connectivity index (χ1) is 8.20. The maximum absolute atomic E-state index is 10.4. The average Bonchev–Trinajstić information content (AvgIpc) is 2.38. The molecule has 92 valence electrons. The van der Waals surface area contributed by atoms with Gasteiger partial charge in [0.15, 0.2) is 0 Å². The quantitative estimate of drug-likeness (QED) is 0.710. The van der Waals surface area contributed by atoms with Crippen LogP contribution in [0.1, 0.15) is 24.5 Å². The topological polar surface area (TPSA) is 40.5 Å². The molecule has 2 N–H and O–H groups in total. The van der Waals surface area contributed by atoms with E-state index in [1.807, 2.05) is 30.3 Å². The Kier molecular flexibility index (Phi) is 5.13. The van der Waals surface area contributed by atoms with Crippen molar-refractivity contribution in [2.45, 2.75) is 18.9 Å². The molecular formula is C15H20O2. The minimum absolute atomic E-state index is 0.0961. The van der Waals surface area contributed by atoms with E-state index in [9.17, 15) is 10.2 Å². The van der Waals surface area contributed by atoms with Crippen molar-refractivity contribution >= 4 is 0 Å². The molecule has 1 rings (SSSR count). The van der Waals surface area contributed by atoms with Crippen molar-refractivity contribution in [2.75, 3.05) is 6.61 Å². The fourth-order valence-corrected chi connectivity index (χ4v) is 2.09. The highest BCUT2D eigenvalue weighted by molar-refractivity contribution is 5.20. The van der Waals surface area contributed by atoms with Gasteiger partial charge in [0.1, 0.15) is 0 Å². The summed E-state index contributed by atoms with van der Waals surface area (Å²) in [6.07, 6.45) is 3.83. The van der Waals surface area contributed by atoms with E-state index in [1.165, 1.54) is 0 Å². The lowest BCUT2D eigenvalue weighted by atomic mass is 9.74. The van der Waals surface area contributed by atoms with Crippen LogP contribution in [0.4, 0.5) is 0 Å². The number of benzene rings is 1. The molecule has 0 bridgehead atoms. The monoisotopic (exact) mass is 232 g/mol. The zero-order valence-corrected chi connectivity index (χ0v) is 10.0. The fraction of sp³-hybridized carbons (Fsp3) is 0.333. The Labute approximate surface area is 103 Å². The van der Waals surface area contributed by atoms with E-state index in [1.54, 1.807) is 12.2 Å². The Bertz CT molecular complexity index is 346. The molecule has 1 aromatic carbocycles. The Morgan fingerprint density at radius 3 is 2.06 bits per heavy atom. The van der Waals surface area contributed by atoms with Gasteiger partial charge in [-0.05, 0) is 18.4 Å². The minimum Gasteiger partial charge on any atom is -0.396 e. The molecule has 0 spiro atoms. The highest BCUT2D eigenvalue weighted by atomic mass is 16.3. The van der Waals surface area contributed by atoms with Crippen LogP contribution in [0.2, 0.25) is 0 Å². The Hall–Kier alpha value is -1.38. The largest absolute Gasteiger partial charge is 0.396 e. The molecule has 1 unspecified atom stereocenters. The van der Waals surface area contributed by atoms with Gasteiger partial charge in [-0.15, -0.1) is 13.2 Å². The summed E-state index contributed by atoms with van der Waals surface area (Å²) in [7, 11) is 0. The van der Waals surface area contributed by atoms with Crippen LogP contribution in [0.5, 0.6) is 0 Å². The first-order valence-electron chi connectivity index (χ1n) is 5.76. The number of rotatable bonds is 7. The first kappa shape index (κ1) is 13.7. The smallest absolute Gasteiger partial charge is 0.0874 e. The lowest BCUT2D eigenvalue weighted by Crippen LogP contribution is -2.32. The summed E-state index contributed by atoms with van der Waals surface area (Å²) >= 11 is 0. The second kappa shape index (κ2) is 6.38. The molecule has 1 aromatic rings. The third-order valence-electron chi connectivity index (χ3n) is 3.11. The van der Waals surface area contributed by atoms with Gasteiger partial charge in [-0.3, -0.25) is 0 Å². The van der Waals surface area contributed by atoms with Crippen molar-refractivity contribution in [3.05, 3.63) is 61.2 Å². The summed E-state index contributed by atoms with van der Waals surface area (Å²) in [6.45, 7) is 7.29. The zero-order chi connectivity index (χ0) is 12.7. The molecule has 17 heavy (non-hydrogen) atoms. The molecule has 0 heterocycles. The lowest BCUT2D eigenvalue weighted by Gasteiger charge is -2.35. The molecule has 0 aliphatic carbocycles. The summed E-state index contributed by atoms with van der Waals surface area (Å²) in [4.78, 5) is 0. The summed E-state index contributed by atoms with van der Waals surface area (Å²) < 4.78 is 0. The van der Waals surface area contributed by atoms with Gasteiger partial charge in [-0.25, -0.2) is 0 Å². The van der Waals surface area contributed by atoms with Crippen molar-refractivity contribution in [1.82, 2.24) is 0 Å². The molecular weight excluding hydrogens is 212 g/mol. The molecule has 0 radical (unpaired) electrons. The maximum Gasteiger partial charge on any atom is 0.0874 e. The molecule has 2 nitrogen and oxygen atoms in total. The number of hydrogen-bond donors (Lipinski definition) is 2. The minimum atomic E-state index is -0.718. The number of aliphatic hydroxyl groups is 2. The number of allylic oxidation sites excluding steroid dienone is 2. The van der Waals surface area contributed by atoms with Gasteiger partial charge in [0, 0.05) is 5.41 Å². The van der Waals surface area contributed by atoms with Crippen LogP contribution < -0.4 is 0 Å². The van der Waals surface area contributed by atoms with E-state index in [2.05, 4.69) is 13.2 Å². The summed E-state index contributed by atoms with van der Waals surface area (Å²) in [6, 6.07) is 9.38. The molecule has 0 fully saturated rings. The summed E-state index contributed by atoms with van der Waals surface area (Å²) in [5.41, 5.74) is 0.190. The highest BCUT2D eigenvalue weighted by Crippen LogP contribution is 2.40. The molecule has 0 aliphatic heterocycles. The molecule has 2 heteroatoms. The van der Waals surface area contributed by atoms with Crippen LogP contribution in [-0.4, -0.2) is 16.8 Å². The first-order valence-corrected chi connectivity index (χ1v) is 5.76. The summed E-state index contributed by atoms with van der Waals surface area (Å²) in [5, 5.41) is 20.1. The van der Waals surface area contributed by atoms with E-state index in [0.29, 0.717) is 12.8 Å². The van der Waals surface area contributed by atoms with Gasteiger partial charge in [-0.2, -0.15) is 0 Å². The van der Waals surface area contributed by atoms with Gasteiger partial charge >= 0.3 is 0 Å². The molecule has 0 aromatic heterocycles. The Morgan fingerprint density at radius 1 is 1.12 bits per heavy atom. The van der Waals surface area contributed by atoms with E-state index in [0.717, 1.165) is 5.56 Å². The van der Waals surface area contributed by atoms with Crippen molar-refractivity contribution in [1.29, 1.82) is 0 Å². The highest BCUT2D eigenvalue weighted by Gasteiger charge is 2.36. The van der Waals surface area contributed by atoms with Crippen molar-refractivity contribution in [3.8, 4) is 0 Å². The van der Waals surface area contributed by atoms with E-state index < -0.39 is 11.5 Å². The van der Waals surface area contributed by atoms with Crippen LogP contribution in [0, 0.1) is 5.41 Å². The number of hydrogen-bond acceptors (Lipinski definition) is 2. The van der Waals surface area contributed by atoms with Crippen LogP contribution in [0.3, 0.4) is 0 Å². The van der Waals surface area contributed by atoms with Gasteiger partial charge in [-0.1, -0.05) is 42.5 Å². The fourth-order valence-electron chi connectivity index (χ4n) is 2.09. The Morgan fingerprint density at radius 2 is 1.65 bits per heavy atom. The third-order valence-corrected chi connectivity index (χ3v) is 3.11. The lowest BCUT2D eigenvalue weighted by molar-refractivity contribution is -0.0162. The second-order valence-corrected chi connectivity index (χ2v) is 4.32. The van der Waals surface area contributed by atoms with Gasteiger partial charge in [0.05, 0.1) is 12.7 Å². The molecule has 0 amide bonds. The average molecular weight is 232 g/mol. The maximum atomic E-state index is 10.4. The van der Waals surface area contributed by atoms with E-state index in [4.69, 9.17) is 0 Å². The normalized spacial score (nSPS) is 13.1. The number of aliphatic hydroxyl groups excluding tert-OH is 2. The third kappa shape index (κ3) is 3.05. The van der Waals surface area contributed by atoms with Gasteiger partial charge in [0.25, 0.3) is 0 Å². The van der Waals surface area contributed by atoms with Crippen molar-refractivity contribution in [3.63, 3.8) is 0 Å². The second-order valence-electron chi connectivity index (χ2n) is 4.32. The standard InChI is InChI=1S/C15H20O2/c1-3-10-15(12-16,11-4-2)14(17)13-8-6-5-7-9-13/h3-9,14,16-17H,1-2,10-12H2.